The van der Waals surface area contributed by atoms with Gasteiger partial charge < -0.3 is 20.1 Å². The number of aliphatic hydroxyl groups is 1. The number of nitrogens with zero attached hydrogens (tertiary/aromatic N) is 1. The molecule has 6 nitrogen and oxygen atoms in total. The van der Waals surface area contributed by atoms with Gasteiger partial charge in [0.1, 0.15) is 5.75 Å². The van der Waals surface area contributed by atoms with E-state index in [1.807, 2.05) is 25.2 Å². The van der Waals surface area contributed by atoms with Crippen molar-refractivity contribution in [3.63, 3.8) is 0 Å². The molecule has 2 N–H and O–H groups in total. The number of carbonyl (C=O) groups excluding carboxylic acids is 2. The van der Waals surface area contributed by atoms with Crippen LogP contribution in [0.2, 0.25) is 0 Å². The fraction of sp³-hybridized carbons (Fsp3) is 0.429. The van der Waals surface area contributed by atoms with E-state index in [0.717, 1.165) is 30.7 Å². The number of hydrogen-bond donors (Lipinski definition) is 2. The Kier molecular flexibility index (Phi) is 7.75. The van der Waals surface area contributed by atoms with Crippen LogP contribution in [0.1, 0.15) is 42.9 Å². The molecule has 1 saturated heterocycles. The number of fused-ring (bicyclic) bond motifs is 1. The van der Waals surface area contributed by atoms with Gasteiger partial charge in [0, 0.05) is 36.9 Å². The number of carbonyl (C=O) groups is 2. The Morgan fingerprint density at radius 1 is 1.19 bits per heavy atom. The van der Waals surface area contributed by atoms with Crippen molar-refractivity contribution in [3.8, 4) is 5.75 Å². The smallest absolute Gasteiger partial charge is 0.416 e. The molecular weight excluding hydrogens is 485 g/mol. The van der Waals surface area contributed by atoms with Crippen molar-refractivity contribution in [3.05, 3.63) is 71.3 Å². The molecule has 2 fully saturated rings. The Hall–Kier alpha value is -3.17. The normalized spacial score (nSPS) is 26.5. The molecule has 2 aromatic carbocycles. The van der Waals surface area contributed by atoms with Crippen LogP contribution in [0.5, 0.6) is 5.75 Å². The molecule has 4 unspecified atom stereocenters. The summed E-state index contributed by atoms with van der Waals surface area (Å²) in [6, 6.07) is 11.8. The largest absolute Gasteiger partial charge is 0.427 e. The van der Waals surface area contributed by atoms with Gasteiger partial charge in [-0.05, 0) is 74.3 Å². The van der Waals surface area contributed by atoms with E-state index < -0.39 is 35.1 Å². The summed E-state index contributed by atoms with van der Waals surface area (Å²) in [5.74, 6) is -0.505. The Labute approximate surface area is 214 Å². The Bertz CT molecular complexity index is 1180. The monoisotopic (exact) mass is 516 g/mol. The van der Waals surface area contributed by atoms with Crippen LogP contribution >= 0.6 is 0 Å². The molecule has 0 spiro atoms. The summed E-state index contributed by atoms with van der Waals surface area (Å²) in [5.41, 5.74) is -0.00963. The number of esters is 1. The van der Waals surface area contributed by atoms with E-state index in [-0.39, 0.29) is 17.5 Å². The molecule has 37 heavy (non-hydrogen) atoms. The lowest BCUT2D eigenvalue weighted by molar-refractivity contribution is -0.137. The molecule has 0 radical (unpaired) electrons. The zero-order chi connectivity index (χ0) is 26.8. The molecule has 1 amide bonds. The van der Waals surface area contributed by atoms with E-state index in [4.69, 9.17) is 4.74 Å². The van der Waals surface area contributed by atoms with E-state index in [1.165, 1.54) is 31.2 Å². The lowest BCUT2D eigenvalue weighted by atomic mass is 9.57. The van der Waals surface area contributed by atoms with E-state index in [9.17, 15) is 27.9 Å². The molecule has 1 heterocycles. The average Bonchev–Trinajstić information content (AvgIpc) is 2.83. The number of rotatable bonds is 5. The fourth-order valence-corrected chi connectivity index (χ4v) is 5.76. The summed E-state index contributed by atoms with van der Waals surface area (Å²) < 4.78 is 44.2. The van der Waals surface area contributed by atoms with Crippen LogP contribution in [0.4, 0.5) is 13.2 Å². The lowest BCUT2D eigenvalue weighted by Crippen LogP contribution is -2.60. The molecule has 0 bridgehead atoms. The minimum Gasteiger partial charge on any atom is -0.427 e. The number of halogens is 3. The number of ether oxygens (including phenoxy) is 1. The molecule has 4 rings (SSSR count). The maximum absolute atomic E-state index is 13.0. The van der Waals surface area contributed by atoms with Crippen molar-refractivity contribution >= 4 is 18.0 Å². The summed E-state index contributed by atoms with van der Waals surface area (Å²) >= 11 is 0. The maximum Gasteiger partial charge on any atom is 0.416 e. The van der Waals surface area contributed by atoms with Crippen LogP contribution in [-0.2, 0) is 21.2 Å². The molecule has 2 aromatic rings. The van der Waals surface area contributed by atoms with Gasteiger partial charge in [0.15, 0.2) is 0 Å². The van der Waals surface area contributed by atoms with Crippen LogP contribution < -0.4 is 10.1 Å². The van der Waals surface area contributed by atoms with E-state index >= 15 is 0 Å². The number of aliphatic hydroxyl groups excluding tert-OH is 1. The first-order valence-electron chi connectivity index (χ1n) is 12.3. The zero-order valence-corrected chi connectivity index (χ0v) is 20.8. The second-order valence-corrected chi connectivity index (χ2v) is 10.1. The number of piperidine rings is 1. The van der Waals surface area contributed by atoms with Crippen molar-refractivity contribution in [2.75, 3.05) is 20.1 Å². The van der Waals surface area contributed by atoms with Crippen LogP contribution in [-0.4, -0.2) is 54.2 Å². The first kappa shape index (κ1) is 26.9. The first-order valence-corrected chi connectivity index (χ1v) is 12.3. The van der Waals surface area contributed by atoms with Gasteiger partial charge in [-0.15, -0.1) is 0 Å². The third kappa shape index (κ3) is 6.22. The quantitative estimate of drug-likeness (QED) is 0.354. The molecule has 4 atom stereocenters. The van der Waals surface area contributed by atoms with E-state index in [2.05, 4.69) is 10.2 Å². The van der Waals surface area contributed by atoms with Gasteiger partial charge in [0.05, 0.1) is 11.7 Å². The number of nitrogens with one attached hydrogen (secondary N) is 1. The highest BCUT2D eigenvalue weighted by Gasteiger charge is 2.51. The van der Waals surface area contributed by atoms with E-state index in [0.29, 0.717) is 25.1 Å². The van der Waals surface area contributed by atoms with Crippen LogP contribution in [0.3, 0.4) is 0 Å². The van der Waals surface area contributed by atoms with Crippen molar-refractivity contribution < 1.29 is 32.6 Å². The standard InChI is InChI=1S/C28H31F3N2O4/c1-18(34)37-23-8-4-6-20(14-23)27-11-12-33(2)17-24(27)25(35)15-22(16-27)32-26(36)10-9-19-5-3-7-21(13-19)28(29,30)31/h3-10,13-14,22,24-25,35H,11-12,15-17H2,1-2H3,(H,32,36)/b10-9+. The summed E-state index contributed by atoms with van der Waals surface area (Å²) in [7, 11) is 2.01. The van der Waals surface area contributed by atoms with Crippen molar-refractivity contribution in [1.82, 2.24) is 10.2 Å². The number of amides is 1. The third-order valence-electron chi connectivity index (χ3n) is 7.42. The minimum absolute atomic E-state index is 0.0763. The van der Waals surface area contributed by atoms with Crippen molar-refractivity contribution in [2.24, 2.45) is 5.92 Å². The maximum atomic E-state index is 13.0. The van der Waals surface area contributed by atoms with Gasteiger partial charge in [-0.3, -0.25) is 9.59 Å². The number of likely N-dealkylation sites (tertiary alicyclic amines) is 1. The average molecular weight is 517 g/mol. The Morgan fingerprint density at radius 2 is 1.95 bits per heavy atom. The van der Waals surface area contributed by atoms with Crippen LogP contribution in [0.25, 0.3) is 6.08 Å². The predicted octanol–water partition coefficient (Wildman–Crippen LogP) is 4.17. The summed E-state index contributed by atoms with van der Waals surface area (Å²) in [5, 5.41) is 14.1. The molecule has 1 aliphatic heterocycles. The molecule has 0 aromatic heterocycles. The van der Waals surface area contributed by atoms with Gasteiger partial charge in [0.25, 0.3) is 0 Å². The van der Waals surface area contributed by atoms with Gasteiger partial charge >= 0.3 is 12.1 Å². The number of hydrogen-bond acceptors (Lipinski definition) is 5. The van der Waals surface area contributed by atoms with E-state index in [1.54, 1.807) is 6.07 Å². The Balaban J connectivity index is 1.54. The summed E-state index contributed by atoms with van der Waals surface area (Å²) in [6.07, 6.45) is -0.872. The SMILES string of the molecule is CC(=O)Oc1cccc(C23CCN(C)CC2C(O)CC(NC(=O)/C=C/c2cccc(C(F)(F)F)c2)C3)c1. The number of alkyl halides is 3. The van der Waals surface area contributed by atoms with Crippen molar-refractivity contribution in [1.29, 1.82) is 0 Å². The Morgan fingerprint density at radius 3 is 2.68 bits per heavy atom. The molecule has 9 heteroatoms. The summed E-state index contributed by atoms with van der Waals surface area (Å²) in [4.78, 5) is 26.4. The van der Waals surface area contributed by atoms with Gasteiger partial charge in [-0.1, -0.05) is 24.3 Å². The van der Waals surface area contributed by atoms with Gasteiger partial charge in [0.2, 0.25) is 5.91 Å². The highest BCUT2D eigenvalue weighted by atomic mass is 19.4. The molecular formula is C28H31F3N2O4. The highest BCUT2D eigenvalue weighted by Crippen LogP contribution is 2.49. The lowest BCUT2D eigenvalue weighted by Gasteiger charge is -2.54. The molecule has 2 aliphatic rings. The minimum atomic E-state index is -4.46. The third-order valence-corrected chi connectivity index (χ3v) is 7.42. The fourth-order valence-electron chi connectivity index (χ4n) is 5.76. The second-order valence-electron chi connectivity index (χ2n) is 10.1. The van der Waals surface area contributed by atoms with Gasteiger partial charge in [-0.25, -0.2) is 0 Å². The zero-order valence-electron chi connectivity index (χ0n) is 20.8. The summed E-state index contributed by atoms with van der Waals surface area (Å²) in [6.45, 7) is 2.83. The number of benzene rings is 2. The predicted molar refractivity (Wildman–Crippen MR) is 133 cm³/mol. The molecule has 198 valence electrons. The van der Waals surface area contributed by atoms with Gasteiger partial charge in [-0.2, -0.15) is 13.2 Å². The van der Waals surface area contributed by atoms with Crippen LogP contribution in [0.15, 0.2) is 54.6 Å². The highest BCUT2D eigenvalue weighted by molar-refractivity contribution is 5.92. The topological polar surface area (TPSA) is 78.9 Å². The van der Waals surface area contributed by atoms with Crippen LogP contribution in [0, 0.1) is 5.92 Å². The molecule has 1 saturated carbocycles. The molecule has 1 aliphatic carbocycles. The van der Waals surface area contributed by atoms with Crippen molar-refractivity contribution in [2.45, 2.75) is 49.9 Å². The first-order chi connectivity index (χ1) is 17.5. The second kappa shape index (κ2) is 10.7.